The molecule has 0 aliphatic carbocycles. The molecule has 1 atom stereocenters. The molecule has 1 heterocycles. The Bertz CT molecular complexity index is 841. The molecule has 0 radical (unpaired) electrons. The predicted octanol–water partition coefficient (Wildman–Crippen LogP) is 4.57. The van der Waals surface area contributed by atoms with E-state index in [-0.39, 0.29) is 17.3 Å². The third kappa shape index (κ3) is 3.12. The summed E-state index contributed by atoms with van der Waals surface area (Å²) in [5, 5.41) is 10.5. The van der Waals surface area contributed by atoms with Gasteiger partial charge in [0, 0.05) is 16.1 Å². The molecule has 0 saturated heterocycles. The second kappa shape index (κ2) is 6.84. The van der Waals surface area contributed by atoms with Crippen LogP contribution < -0.4 is 4.90 Å². The maximum Gasteiger partial charge on any atom is 0.294 e. The Kier molecular flexibility index (Phi) is 4.77. The summed E-state index contributed by atoms with van der Waals surface area (Å²) < 4.78 is 0.884. The Labute approximate surface area is 154 Å². The van der Waals surface area contributed by atoms with Gasteiger partial charge in [-0.05, 0) is 29.8 Å². The van der Waals surface area contributed by atoms with Gasteiger partial charge in [0.2, 0.25) is 0 Å². The molecule has 0 spiro atoms. The highest BCUT2D eigenvalue weighted by molar-refractivity contribution is 9.10. The number of carbonyl (C=O) groups is 2. The van der Waals surface area contributed by atoms with Gasteiger partial charge in [-0.1, -0.05) is 60.1 Å². The summed E-state index contributed by atoms with van der Waals surface area (Å²) in [5.41, 5.74) is 1.57. The van der Waals surface area contributed by atoms with Gasteiger partial charge in [0.25, 0.3) is 5.91 Å². The van der Waals surface area contributed by atoms with E-state index in [2.05, 4.69) is 15.9 Å². The molecule has 1 amide bonds. The van der Waals surface area contributed by atoms with Crippen molar-refractivity contribution < 1.29 is 14.7 Å². The summed E-state index contributed by atoms with van der Waals surface area (Å²) in [6, 6.07) is 15.9. The van der Waals surface area contributed by atoms with Crippen molar-refractivity contribution in [3.05, 3.63) is 76.0 Å². The van der Waals surface area contributed by atoms with Crippen molar-refractivity contribution in [3.63, 3.8) is 0 Å². The van der Waals surface area contributed by atoms with Crippen LogP contribution in [0.3, 0.4) is 0 Å². The third-order valence-electron chi connectivity index (χ3n) is 4.22. The van der Waals surface area contributed by atoms with Crippen LogP contribution in [0.1, 0.15) is 25.5 Å². The van der Waals surface area contributed by atoms with E-state index >= 15 is 0 Å². The van der Waals surface area contributed by atoms with Crippen molar-refractivity contribution in [1.29, 1.82) is 0 Å². The number of halogens is 1. The van der Waals surface area contributed by atoms with Crippen molar-refractivity contribution in [2.75, 3.05) is 4.90 Å². The largest absolute Gasteiger partial charge is 0.503 e. The number of Topliss-reactive ketones (excluding diaryl/α,β-unsaturated/α-hetero) is 1. The van der Waals surface area contributed by atoms with Crippen LogP contribution in [0.2, 0.25) is 0 Å². The normalized spacial score (nSPS) is 17.5. The number of aliphatic hydroxyl groups excluding tert-OH is 1. The van der Waals surface area contributed by atoms with Crippen LogP contribution >= 0.6 is 15.9 Å². The van der Waals surface area contributed by atoms with E-state index in [0.717, 1.165) is 10.0 Å². The fraction of sp³-hybridized carbons (Fsp3) is 0.200. The molecule has 4 nitrogen and oxygen atoms in total. The highest BCUT2D eigenvalue weighted by Crippen LogP contribution is 2.41. The van der Waals surface area contributed by atoms with Gasteiger partial charge in [-0.25, -0.2) is 0 Å². The number of aliphatic hydroxyl groups is 1. The number of benzene rings is 2. The molecular weight excluding hydrogens is 382 g/mol. The molecule has 0 aromatic heterocycles. The molecule has 5 heteroatoms. The van der Waals surface area contributed by atoms with E-state index in [1.165, 1.54) is 4.90 Å². The molecule has 0 fully saturated rings. The molecule has 2 aromatic rings. The lowest BCUT2D eigenvalue weighted by atomic mass is 9.91. The smallest absolute Gasteiger partial charge is 0.294 e. The van der Waals surface area contributed by atoms with E-state index in [4.69, 9.17) is 0 Å². The number of amides is 1. The lowest BCUT2D eigenvalue weighted by molar-refractivity contribution is -0.119. The Hall–Kier alpha value is -2.40. The topological polar surface area (TPSA) is 57.6 Å². The molecule has 0 bridgehead atoms. The summed E-state index contributed by atoms with van der Waals surface area (Å²) in [6.45, 7) is 3.52. The van der Waals surface area contributed by atoms with Crippen LogP contribution in [0.15, 0.2) is 70.4 Å². The second-order valence-electron chi connectivity index (χ2n) is 6.25. The first-order chi connectivity index (χ1) is 11.9. The molecule has 1 aliphatic rings. The maximum atomic E-state index is 12.8. The molecule has 1 unspecified atom stereocenters. The zero-order chi connectivity index (χ0) is 18.1. The predicted molar refractivity (Wildman–Crippen MR) is 100 cm³/mol. The van der Waals surface area contributed by atoms with Crippen molar-refractivity contribution >= 4 is 33.3 Å². The average molecular weight is 400 g/mol. The molecule has 25 heavy (non-hydrogen) atoms. The van der Waals surface area contributed by atoms with E-state index in [9.17, 15) is 14.7 Å². The van der Waals surface area contributed by atoms with Crippen LogP contribution in [0.5, 0.6) is 0 Å². The SMILES string of the molecule is CC(C)C(=O)C1=C(O)C(=O)N(c2ccc(Br)cc2)C1c1ccccc1. The summed E-state index contributed by atoms with van der Waals surface area (Å²) in [6.07, 6.45) is 0. The second-order valence-corrected chi connectivity index (χ2v) is 7.16. The first-order valence-electron chi connectivity index (χ1n) is 8.03. The average Bonchev–Trinajstić information content (AvgIpc) is 2.87. The van der Waals surface area contributed by atoms with Crippen LogP contribution in [-0.4, -0.2) is 16.8 Å². The van der Waals surface area contributed by atoms with E-state index < -0.39 is 17.7 Å². The quantitative estimate of drug-likeness (QED) is 0.818. The highest BCUT2D eigenvalue weighted by atomic mass is 79.9. The summed E-state index contributed by atoms with van der Waals surface area (Å²) in [7, 11) is 0. The first kappa shape index (κ1) is 17.4. The molecule has 1 N–H and O–H groups in total. The van der Waals surface area contributed by atoms with Crippen LogP contribution in [0.25, 0.3) is 0 Å². The van der Waals surface area contributed by atoms with E-state index in [0.29, 0.717) is 5.69 Å². The highest BCUT2D eigenvalue weighted by Gasteiger charge is 2.44. The van der Waals surface area contributed by atoms with E-state index in [1.54, 1.807) is 26.0 Å². The van der Waals surface area contributed by atoms with Crippen molar-refractivity contribution in [1.82, 2.24) is 0 Å². The summed E-state index contributed by atoms with van der Waals surface area (Å²) >= 11 is 3.38. The Morgan fingerprint density at radius 3 is 2.24 bits per heavy atom. The molecule has 1 aliphatic heterocycles. The van der Waals surface area contributed by atoms with Crippen molar-refractivity contribution in [2.24, 2.45) is 5.92 Å². The van der Waals surface area contributed by atoms with Gasteiger partial charge in [0.05, 0.1) is 11.6 Å². The fourth-order valence-electron chi connectivity index (χ4n) is 2.99. The number of anilines is 1. The van der Waals surface area contributed by atoms with Gasteiger partial charge >= 0.3 is 0 Å². The minimum absolute atomic E-state index is 0.161. The van der Waals surface area contributed by atoms with Gasteiger partial charge < -0.3 is 5.11 Å². The van der Waals surface area contributed by atoms with Crippen molar-refractivity contribution in [3.8, 4) is 0 Å². The molecule has 2 aromatic carbocycles. The number of hydrogen-bond acceptors (Lipinski definition) is 3. The minimum Gasteiger partial charge on any atom is -0.503 e. The zero-order valence-corrected chi connectivity index (χ0v) is 15.5. The standard InChI is InChI=1S/C20H18BrNO3/c1-12(2)18(23)16-17(13-6-4-3-5-7-13)22(20(25)19(16)24)15-10-8-14(21)9-11-15/h3-12,17,24H,1-2H3. The first-order valence-corrected chi connectivity index (χ1v) is 8.82. The van der Waals surface area contributed by atoms with Gasteiger partial charge in [-0.15, -0.1) is 0 Å². The number of rotatable bonds is 4. The number of nitrogens with zero attached hydrogens (tertiary/aromatic N) is 1. The molecular formula is C20H18BrNO3. The number of carbonyl (C=O) groups excluding carboxylic acids is 2. The Balaban J connectivity index is 2.17. The van der Waals surface area contributed by atoms with Gasteiger partial charge in [-0.3, -0.25) is 14.5 Å². The Morgan fingerprint density at radius 1 is 1.08 bits per heavy atom. The molecule has 0 saturated carbocycles. The van der Waals surface area contributed by atoms with Gasteiger partial charge in [0.15, 0.2) is 11.5 Å². The summed E-state index contributed by atoms with van der Waals surface area (Å²) in [4.78, 5) is 27.0. The van der Waals surface area contributed by atoms with Gasteiger partial charge in [0.1, 0.15) is 0 Å². The molecule has 128 valence electrons. The number of hydrogen-bond donors (Lipinski definition) is 1. The number of ketones is 1. The van der Waals surface area contributed by atoms with Gasteiger partial charge in [-0.2, -0.15) is 0 Å². The monoisotopic (exact) mass is 399 g/mol. The maximum absolute atomic E-state index is 12.8. The van der Waals surface area contributed by atoms with Crippen LogP contribution in [-0.2, 0) is 9.59 Å². The lowest BCUT2D eigenvalue weighted by Crippen LogP contribution is -2.31. The van der Waals surface area contributed by atoms with Crippen LogP contribution in [0.4, 0.5) is 5.69 Å². The minimum atomic E-state index is -0.634. The van der Waals surface area contributed by atoms with Crippen molar-refractivity contribution in [2.45, 2.75) is 19.9 Å². The van der Waals surface area contributed by atoms with Crippen LogP contribution in [0, 0.1) is 5.92 Å². The Morgan fingerprint density at radius 2 is 1.68 bits per heavy atom. The third-order valence-corrected chi connectivity index (χ3v) is 4.75. The molecule has 3 rings (SSSR count). The fourth-order valence-corrected chi connectivity index (χ4v) is 3.25. The van der Waals surface area contributed by atoms with E-state index in [1.807, 2.05) is 42.5 Å². The lowest BCUT2D eigenvalue weighted by Gasteiger charge is -2.27. The summed E-state index contributed by atoms with van der Waals surface area (Å²) in [5.74, 6) is -1.56. The zero-order valence-electron chi connectivity index (χ0n) is 13.9.